The predicted molar refractivity (Wildman–Crippen MR) is 127 cm³/mol. The first-order chi connectivity index (χ1) is 16.6. The number of nitrogens with zero attached hydrogens (tertiary/aromatic N) is 6. The summed E-state index contributed by atoms with van der Waals surface area (Å²) in [5, 5.41) is 9.07. The first kappa shape index (κ1) is 21.8. The van der Waals surface area contributed by atoms with Gasteiger partial charge in [0, 0.05) is 43.7 Å². The third kappa shape index (κ3) is 4.54. The monoisotopic (exact) mass is 457 g/mol. The number of pyridine rings is 1. The van der Waals surface area contributed by atoms with Crippen LogP contribution in [0.5, 0.6) is 0 Å². The molecule has 3 aromatic heterocycles. The van der Waals surface area contributed by atoms with E-state index in [-0.39, 0.29) is 18.2 Å². The molecule has 4 aromatic rings. The van der Waals surface area contributed by atoms with Gasteiger partial charge in [0.1, 0.15) is 12.1 Å². The number of carbonyl (C=O) groups is 1. The van der Waals surface area contributed by atoms with E-state index in [1.807, 2.05) is 30.3 Å². The zero-order valence-corrected chi connectivity index (χ0v) is 18.4. The number of aromatic nitrogens is 5. The second kappa shape index (κ2) is 9.46. The van der Waals surface area contributed by atoms with E-state index in [4.69, 9.17) is 30.5 Å². The predicted octanol–water partition coefficient (Wildman–Crippen LogP) is 1.67. The normalized spacial score (nSPS) is 13.9. The largest absolute Gasteiger partial charge is 0.389 e. The number of benzene rings is 1. The number of nitrogens with two attached hydrogens (primary N) is 1. The molecular formula is C24H23N7O3. The Kier molecular flexibility index (Phi) is 6.07. The molecule has 1 aliphatic rings. The summed E-state index contributed by atoms with van der Waals surface area (Å²) in [4.78, 5) is 36.2. The van der Waals surface area contributed by atoms with E-state index >= 15 is 0 Å². The molecular weight excluding hydrogens is 434 g/mol. The lowest BCUT2D eigenvalue weighted by molar-refractivity contribution is -0.121. The fourth-order valence-electron chi connectivity index (χ4n) is 3.88. The minimum Gasteiger partial charge on any atom is -0.389 e. The van der Waals surface area contributed by atoms with Crippen molar-refractivity contribution in [2.24, 2.45) is 0 Å². The summed E-state index contributed by atoms with van der Waals surface area (Å²) in [6, 6.07) is 9.59. The van der Waals surface area contributed by atoms with E-state index in [0.29, 0.717) is 48.7 Å². The third-order valence-corrected chi connectivity index (χ3v) is 5.60. The molecule has 4 heterocycles. The van der Waals surface area contributed by atoms with Gasteiger partial charge in [0.25, 0.3) is 0 Å². The Hall–Kier alpha value is -4.02. The number of aliphatic hydroxyl groups excluding tert-OH is 1. The fraction of sp³-hybridized carbons (Fsp3) is 0.250. The first-order valence-corrected chi connectivity index (χ1v) is 10.9. The van der Waals surface area contributed by atoms with Crippen molar-refractivity contribution in [2.45, 2.75) is 6.42 Å². The second-order valence-electron chi connectivity index (χ2n) is 7.97. The van der Waals surface area contributed by atoms with Gasteiger partial charge in [0.15, 0.2) is 17.4 Å². The van der Waals surface area contributed by atoms with Crippen molar-refractivity contribution in [3.63, 3.8) is 0 Å². The first-order valence-electron chi connectivity index (χ1n) is 10.9. The molecule has 1 aromatic carbocycles. The Morgan fingerprint density at radius 1 is 1.00 bits per heavy atom. The Morgan fingerprint density at radius 2 is 1.76 bits per heavy atom. The van der Waals surface area contributed by atoms with Crippen LogP contribution in [0.2, 0.25) is 0 Å². The highest BCUT2D eigenvalue weighted by Crippen LogP contribution is 2.30. The highest BCUT2D eigenvalue weighted by Gasteiger charge is 2.20. The molecule has 172 valence electrons. The molecule has 0 atom stereocenters. The lowest BCUT2D eigenvalue weighted by Gasteiger charge is -2.28. The molecule has 10 nitrogen and oxygen atoms in total. The molecule has 10 heteroatoms. The summed E-state index contributed by atoms with van der Waals surface area (Å²) in [6.45, 7) is 2.16. The summed E-state index contributed by atoms with van der Waals surface area (Å²) in [6.07, 6.45) is 5.17. The van der Waals surface area contributed by atoms with Gasteiger partial charge in [-0.15, -0.1) is 0 Å². The van der Waals surface area contributed by atoms with Gasteiger partial charge >= 0.3 is 0 Å². The Labute approximate surface area is 195 Å². The summed E-state index contributed by atoms with van der Waals surface area (Å²) >= 11 is 0. The number of nitrogen functional groups attached to an aromatic ring is 1. The standard InChI is InChI=1S/C24H23N7O3/c25-24-27-12-18(13-28-24)22-29-20-10-17(16-3-1-2-15(8-16)9-19(33)14-32)11-26-21(20)23(30-22)31-4-6-34-7-5-31/h1-3,8,10-13,32H,4-7,9,14H2,(H2,25,27,28). The van der Waals surface area contributed by atoms with Crippen molar-refractivity contribution in [1.29, 1.82) is 0 Å². The van der Waals surface area contributed by atoms with Gasteiger partial charge in [-0.05, 0) is 17.2 Å². The van der Waals surface area contributed by atoms with Crippen molar-refractivity contribution in [3.8, 4) is 22.5 Å². The van der Waals surface area contributed by atoms with Crippen molar-refractivity contribution in [1.82, 2.24) is 24.9 Å². The van der Waals surface area contributed by atoms with Gasteiger partial charge in [0.05, 0.1) is 24.3 Å². The number of rotatable bonds is 6. The van der Waals surface area contributed by atoms with Crippen LogP contribution < -0.4 is 10.6 Å². The molecule has 34 heavy (non-hydrogen) atoms. The highest BCUT2D eigenvalue weighted by atomic mass is 16.5. The number of fused-ring (bicyclic) bond motifs is 1. The minimum absolute atomic E-state index is 0.177. The number of anilines is 2. The molecule has 1 aliphatic heterocycles. The number of ketones is 1. The summed E-state index contributed by atoms with van der Waals surface area (Å²) < 4.78 is 5.51. The SMILES string of the molecule is Nc1ncc(-c2nc(N3CCOCC3)c3ncc(-c4cccc(CC(=O)CO)c4)cc3n2)cn1. The smallest absolute Gasteiger partial charge is 0.219 e. The number of hydrogen-bond acceptors (Lipinski definition) is 10. The van der Waals surface area contributed by atoms with E-state index in [1.165, 1.54) is 0 Å². The summed E-state index contributed by atoms with van der Waals surface area (Å²) in [5.74, 6) is 1.16. The van der Waals surface area contributed by atoms with Gasteiger partial charge in [-0.1, -0.05) is 24.3 Å². The zero-order chi connectivity index (χ0) is 23.5. The maximum atomic E-state index is 11.7. The second-order valence-corrected chi connectivity index (χ2v) is 7.97. The molecule has 0 saturated carbocycles. The Morgan fingerprint density at radius 3 is 2.53 bits per heavy atom. The van der Waals surface area contributed by atoms with Gasteiger partial charge in [-0.3, -0.25) is 9.78 Å². The van der Waals surface area contributed by atoms with Crippen LogP contribution in [0, 0.1) is 0 Å². The Bertz CT molecular complexity index is 1340. The molecule has 0 aliphatic carbocycles. The molecule has 0 radical (unpaired) electrons. The van der Waals surface area contributed by atoms with Crippen molar-refractivity contribution in [2.75, 3.05) is 43.5 Å². The maximum Gasteiger partial charge on any atom is 0.219 e. The van der Waals surface area contributed by atoms with E-state index in [0.717, 1.165) is 22.5 Å². The number of morpholine rings is 1. The van der Waals surface area contributed by atoms with Crippen LogP contribution in [-0.2, 0) is 16.0 Å². The van der Waals surface area contributed by atoms with E-state index < -0.39 is 6.61 Å². The van der Waals surface area contributed by atoms with Crippen molar-refractivity contribution >= 4 is 28.6 Å². The summed E-state index contributed by atoms with van der Waals surface area (Å²) in [5.41, 5.74) is 10.3. The highest BCUT2D eigenvalue weighted by molar-refractivity contribution is 5.90. The Balaban J connectivity index is 1.61. The average molecular weight is 457 g/mol. The number of carbonyl (C=O) groups excluding carboxylic acids is 1. The lowest BCUT2D eigenvalue weighted by atomic mass is 10.0. The molecule has 0 bridgehead atoms. The van der Waals surface area contributed by atoms with Gasteiger partial charge in [-0.25, -0.2) is 19.9 Å². The van der Waals surface area contributed by atoms with Crippen LogP contribution in [-0.4, -0.2) is 68.7 Å². The van der Waals surface area contributed by atoms with Crippen LogP contribution in [0.25, 0.3) is 33.5 Å². The topological polar surface area (TPSA) is 140 Å². The van der Waals surface area contributed by atoms with Gasteiger partial charge in [0.2, 0.25) is 5.95 Å². The van der Waals surface area contributed by atoms with Crippen LogP contribution >= 0.6 is 0 Å². The number of ether oxygens (including phenoxy) is 1. The average Bonchev–Trinajstić information content (AvgIpc) is 2.88. The molecule has 3 N–H and O–H groups in total. The maximum absolute atomic E-state index is 11.7. The number of aliphatic hydroxyl groups is 1. The van der Waals surface area contributed by atoms with Crippen LogP contribution in [0.3, 0.4) is 0 Å². The van der Waals surface area contributed by atoms with E-state index in [2.05, 4.69) is 14.9 Å². The minimum atomic E-state index is -0.472. The van der Waals surface area contributed by atoms with Crippen LogP contribution in [0.15, 0.2) is 48.9 Å². The molecule has 5 rings (SSSR count). The van der Waals surface area contributed by atoms with Crippen molar-refractivity contribution in [3.05, 3.63) is 54.5 Å². The van der Waals surface area contributed by atoms with Crippen LogP contribution in [0.1, 0.15) is 5.56 Å². The van der Waals surface area contributed by atoms with E-state index in [9.17, 15) is 4.79 Å². The number of hydrogen-bond donors (Lipinski definition) is 2. The third-order valence-electron chi connectivity index (χ3n) is 5.60. The molecule has 0 unspecified atom stereocenters. The molecule has 1 fully saturated rings. The van der Waals surface area contributed by atoms with Crippen LogP contribution in [0.4, 0.5) is 11.8 Å². The van der Waals surface area contributed by atoms with Gasteiger partial charge in [-0.2, -0.15) is 0 Å². The lowest BCUT2D eigenvalue weighted by Crippen LogP contribution is -2.37. The molecule has 0 amide bonds. The van der Waals surface area contributed by atoms with Crippen molar-refractivity contribution < 1.29 is 14.6 Å². The fourth-order valence-corrected chi connectivity index (χ4v) is 3.88. The zero-order valence-electron chi connectivity index (χ0n) is 18.4. The molecule has 1 saturated heterocycles. The molecule has 0 spiro atoms. The number of Topliss-reactive ketones (excluding diaryl/α,β-unsaturated/α-hetero) is 1. The summed E-state index contributed by atoms with van der Waals surface area (Å²) in [7, 11) is 0. The van der Waals surface area contributed by atoms with Gasteiger partial charge < -0.3 is 20.5 Å². The van der Waals surface area contributed by atoms with E-state index in [1.54, 1.807) is 18.6 Å². The quantitative estimate of drug-likeness (QED) is 0.439.